The second-order valence-corrected chi connectivity index (χ2v) is 3.55. The van der Waals surface area contributed by atoms with Crippen molar-refractivity contribution in [2.45, 2.75) is 0 Å². The van der Waals surface area contributed by atoms with Crippen LogP contribution in [0.5, 0.6) is 5.75 Å². The molecule has 0 fully saturated rings. The summed E-state index contributed by atoms with van der Waals surface area (Å²) in [6.07, 6.45) is 2.55. The summed E-state index contributed by atoms with van der Waals surface area (Å²) in [6, 6.07) is 0.0182. The van der Waals surface area contributed by atoms with Crippen LogP contribution in [0, 0.1) is 23.3 Å². The summed E-state index contributed by atoms with van der Waals surface area (Å²) in [4.78, 5) is 0.130. The predicted octanol–water partition coefficient (Wildman–Crippen LogP) is 4.42. The van der Waals surface area contributed by atoms with Crippen LogP contribution in [-0.4, -0.2) is 5.11 Å². The third-order valence-corrected chi connectivity index (χ3v) is 1.84. The minimum atomic E-state index is -1.79. The molecule has 0 radical (unpaired) electrons. The number of halogens is 5. The lowest BCUT2D eigenvalue weighted by atomic mass is 10.3. The van der Waals surface area contributed by atoms with E-state index in [1.807, 2.05) is 0 Å². The van der Waals surface area contributed by atoms with Gasteiger partial charge in [-0.2, -0.15) is 8.78 Å². The molecule has 1 nitrogen and oxygen atoms in total. The highest BCUT2D eigenvalue weighted by Crippen LogP contribution is 2.24. The average Bonchev–Trinajstić information content (AvgIpc) is 2.35. The van der Waals surface area contributed by atoms with Gasteiger partial charge in [-0.05, 0) is 6.08 Å². The summed E-state index contributed by atoms with van der Waals surface area (Å²) in [7, 11) is 0. The first kappa shape index (κ1) is 17.2. The van der Waals surface area contributed by atoms with E-state index >= 15 is 0 Å². The smallest absolute Gasteiger partial charge is 0.203 e. The summed E-state index contributed by atoms with van der Waals surface area (Å²) < 4.78 is 60.6. The molecule has 0 bridgehead atoms. The molecule has 1 N–H and O–H groups in total. The molecule has 1 rings (SSSR count). The molecule has 0 spiro atoms. The number of phenolic OH excluding ortho intramolecular Hbond substituents is 1. The van der Waals surface area contributed by atoms with Gasteiger partial charge in [-0.25, -0.2) is 13.2 Å². The molecule has 0 saturated carbocycles. The molecule has 1 aromatic rings. The maximum atomic E-state index is 12.1. The first-order valence-electron chi connectivity index (χ1n) is 4.60. The number of benzene rings is 1. The Balaban J connectivity index is 0.000000362. The van der Waals surface area contributed by atoms with E-state index in [-0.39, 0.29) is 11.0 Å². The number of hydrogen-bond acceptors (Lipinski definition) is 2. The molecule has 0 atom stereocenters. The van der Waals surface area contributed by atoms with E-state index in [1.165, 1.54) is 12.2 Å². The van der Waals surface area contributed by atoms with Crippen molar-refractivity contribution in [3.63, 3.8) is 0 Å². The number of phenols is 1. The Bertz CT molecular complexity index is 499. The van der Waals surface area contributed by atoms with Crippen LogP contribution in [0.2, 0.25) is 0 Å². The Morgan fingerprint density at radius 3 is 1.84 bits per heavy atom. The van der Waals surface area contributed by atoms with Gasteiger partial charge in [0.05, 0.1) is 0 Å². The molecule has 0 aliphatic heterocycles. The highest BCUT2D eigenvalue weighted by molar-refractivity contribution is 7.84. The molecule has 0 aliphatic rings. The van der Waals surface area contributed by atoms with Gasteiger partial charge in [0.2, 0.25) is 11.6 Å². The Hall–Kier alpha value is -1.76. The van der Waals surface area contributed by atoms with Crippen molar-refractivity contribution in [1.82, 2.24) is 0 Å². The van der Waals surface area contributed by atoms with E-state index in [4.69, 9.17) is 5.11 Å². The minimum absolute atomic E-state index is 0.0182. The lowest BCUT2D eigenvalue weighted by Crippen LogP contribution is -1.92. The standard InChI is InChI=1S/C6H2F4O.C6H7FS/c7-2-1-3(8)5(10)6(11)4(2)9;1-3-4-6(7)5(2)8/h1,11H;3-4,8H,1-2H2/b;6-4+. The number of rotatable bonds is 2. The van der Waals surface area contributed by atoms with Gasteiger partial charge in [0.1, 0.15) is 5.83 Å². The first-order valence-corrected chi connectivity index (χ1v) is 5.05. The highest BCUT2D eigenvalue weighted by Gasteiger charge is 2.17. The second kappa shape index (κ2) is 7.63. The Kier molecular flexibility index (Phi) is 6.92. The van der Waals surface area contributed by atoms with Crippen molar-refractivity contribution < 1.29 is 27.1 Å². The van der Waals surface area contributed by atoms with Gasteiger partial charge in [-0.1, -0.05) is 19.2 Å². The molecule has 19 heavy (non-hydrogen) atoms. The molecule has 1 aromatic carbocycles. The van der Waals surface area contributed by atoms with Gasteiger partial charge in [0.15, 0.2) is 17.4 Å². The Morgan fingerprint density at radius 2 is 1.58 bits per heavy atom. The fraction of sp³-hybridized carbons (Fsp3) is 0. The van der Waals surface area contributed by atoms with Crippen LogP contribution < -0.4 is 0 Å². The fourth-order valence-electron chi connectivity index (χ4n) is 0.760. The predicted molar refractivity (Wildman–Crippen MR) is 65.5 cm³/mol. The molecule has 0 amide bonds. The van der Waals surface area contributed by atoms with E-state index < -0.39 is 34.8 Å². The maximum absolute atomic E-state index is 12.1. The Morgan fingerprint density at radius 1 is 1.16 bits per heavy atom. The largest absolute Gasteiger partial charge is 0.503 e. The molecular formula is C12H9F5OS. The molecule has 7 heteroatoms. The van der Waals surface area contributed by atoms with Crippen molar-refractivity contribution in [3.05, 3.63) is 65.4 Å². The minimum Gasteiger partial charge on any atom is -0.503 e. The van der Waals surface area contributed by atoms with Crippen molar-refractivity contribution in [1.29, 1.82) is 0 Å². The fourth-order valence-corrected chi connectivity index (χ4v) is 0.835. The van der Waals surface area contributed by atoms with Crippen LogP contribution in [0.25, 0.3) is 0 Å². The normalized spacial score (nSPS) is 10.5. The van der Waals surface area contributed by atoms with E-state index in [1.54, 1.807) is 0 Å². The Labute approximate surface area is 111 Å². The van der Waals surface area contributed by atoms with Gasteiger partial charge < -0.3 is 5.11 Å². The molecule has 0 heterocycles. The van der Waals surface area contributed by atoms with Crippen LogP contribution in [0.1, 0.15) is 0 Å². The van der Waals surface area contributed by atoms with Gasteiger partial charge >= 0.3 is 0 Å². The van der Waals surface area contributed by atoms with Crippen LogP contribution in [0.3, 0.4) is 0 Å². The summed E-state index contributed by atoms with van der Waals surface area (Å²) >= 11 is 3.64. The quantitative estimate of drug-likeness (QED) is 0.358. The maximum Gasteiger partial charge on any atom is 0.203 e. The molecule has 0 unspecified atom stereocenters. The molecule has 104 valence electrons. The van der Waals surface area contributed by atoms with E-state index in [0.717, 1.165) is 0 Å². The van der Waals surface area contributed by atoms with E-state index in [9.17, 15) is 22.0 Å². The van der Waals surface area contributed by atoms with Gasteiger partial charge in [0.25, 0.3) is 0 Å². The summed E-state index contributed by atoms with van der Waals surface area (Å²) in [5, 5.41) is 8.34. The van der Waals surface area contributed by atoms with Crippen molar-refractivity contribution in [2.75, 3.05) is 0 Å². The van der Waals surface area contributed by atoms with Gasteiger partial charge in [-0.15, -0.1) is 12.6 Å². The average molecular weight is 296 g/mol. The second-order valence-electron chi connectivity index (χ2n) is 3.01. The molecule has 0 aliphatic carbocycles. The molecular weight excluding hydrogens is 287 g/mol. The van der Waals surface area contributed by atoms with Crippen molar-refractivity contribution in [3.8, 4) is 5.75 Å². The third-order valence-electron chi connectivity index (χ3n) is 1.63. The highest BCUT2D eigenvalue weighted by atomic mass is 32.1. The van der Waals surface area contributed by atoms with Crippen molar-refractivity contribution >= 4 is 12.6 Å². The zero-order chi connectivity index (χ0) is 15.2. The summed E-state index contributed by atoms with van der Waals surface area (Å²) in [5.74, 6) is -8.90. The van der Waals surface area contributed by atoms with Crippen LogP contribution >= 0.6 is 12.6 Å². The number of aromatic hydroxyl groups is 1. The third kappa shape index (κ3) is 5.17. The number of thiol groups is 1. The summed E-state index contributed by atoms with van der Waals surface area (Å²) in [6.45, 7) is 6.54. The monoisotopic (exact) mass is 296 g/mol. The van der Waals surface area contributed by atoms with E-state index in [0.29, 0.717) is 0 Å². The van der Waals surface area contributed by atoms with Crippen LogP contribution in [-0.2, 0) is 0 Å². The summed E-state index contributed by atoms with van der Waals surface area (Å²) in [5.41, 5.74) is 0. The lowest BCUT2D eigenvalue weighted by Gasteiger charge is -1.98. The first-order chi connectivity index (χ1) is 8.72. The molecule has 0 aromatic heterocycles. The van der Waals surface area contributed by atoms with E-state index in [2.05, 4.69) is 25.8 Å². The van der Waals surface area contributed by atoms with Crippen LogP contribution in [0.4, 0.5) is 22.0 Å². The zero-order valence-electron chi connectivity index (χ0n) is 9.43. The van der Waals surface area contributed by atoms with Crippen molar-refractivity contribution in [2.24, 2.45) is 0 Å². The topological polar surface area (TPSA) is 20.2 Å². The number of allylic oxidation sites excluding steroid dienone is 3. The lowest BCUT2D eigenvalue weighted by molar-refractivity contribution is 0.356. The van der Waals surface area contributed by atoms with Gasteiger partial charge in [-0.3, -0.25) is 0 Å². The zero-order valence-corrected chi connectivity index (χ0v) is 10.3. The van der Waals surface area contributed by atoms with Crippen LogP contribution in [0.15, 0.2) is 42.1 Å². The molecule has 0 saturated heterocycles. The number of hydrogen-bond donors (Lipinski definition) is 2. The van der Waals surface area contributed by atoms with Gasteiger partial charge in [0, 0.05) is 11.0 Å². The SMILES string of the molecule is C=C/C=C(/F)C(=C)S.Oc1c(F)c(F)cc(F)c1F.